The molecular weight excluding hydrogens is 329 g/mol. The van der Waals surface area contributed by atoms with Gasteiger partial charge in [0, 0.05) is 16.8 Å². The van der Waals surface area contributed by atoms with Gasteiger partial charge in [-0.3, -0.25) is 25.2 Å². The maximum atomic E-state index is 11.9. The summed E-state index contributed by atoms with van der Waals surface area (Å²) in [7, 11) is 0. The maximum absolute atomic E-state index is 11.9. The van der Waals surface area contributed by atoms with E-state index in [-0.39, 0.29) is 22.1 Å². The number of ketones is 1. The molecule has 0 atom stereocenters. The predicted octanol–water partition coefficient (Wildman–Crippen LogP) is 2.60. The van der Waals surface area contributed by atoms with Crippen LogP contribution in [0.5, 0.6) is 0 Å². The summed E-state index contributed by atoms with van der Waals surface area (Å²) in [4.78, 5) is 37.6. The zero-order valence-electron chi connectivity index (χ0n) is 11.4. The van der Waals surface area contributed by atoms with E-state index in [0.717, 1.165) is 0 Å². The van der Waals surface area contributed by atoms with Crippen LogP contribution in [0.3, 0.4) is 0 Å². The molecule has 0 aliphatic carbocycles. The fourth-order valence-corrected chi connectivity index (χ4v) is 2.02. The van der Waals surface area contributed by atoms with Gasteiger partial charge in [-0.15, -0.1) is 0 Å². The Hall–Kier alpha value is -2.31. The third-order valence-corrected chi connectivity index (χ3v) is 3.36. The molecule has 2 aromatic rings. The van der Waals surface area contributed by atoms with Gasteiger partial charge >= 0.3 is 0 Å². The van der Waals surface area contributed by atoms with Gasteiger partial charge in [-0.05, 0) is 31.2 Å². The molecule has 114 valence electrons. The number of hydrazine groups is 1. The van der Waals surface area contributed by atoms with E-state index in [1.807, 2.05) is 0 Å². The van der Waals surface area contributed by atoms with Crippen molar-refractivity contribution in [3.63, 3.8) is 0 Å². The van der Waals surface area contributed by atoms with Crippen molar-refractivity contribution in [3.8, 4) is 0 Å². The van der Waals surface area contributed by atoms with E-state index in [2.05, 4.69) is 15.8 Å². The summed E-state index contributed by atoms with van der Waals surface area (Å²) in [5, 5.41) is 0.547. The fourth-order valence-electron chi connectivity index (χ4n) is 1.65. The zero-order valence-corrected chi connectivity index (χ0v) is 12.9. The number of benzene rings is 1. The number of Topliss-reactive ketones (excluding diaryl/α,β-unsaturated/α-hetero) is 1. The van der Waals surface area contributed by atoms with Crippen molar-refractivity contribution >= 4 is 40.8 Å². The van der Waals surface area contributed by atoms with E-state index in [1.165, 1.54) is 31.3 Å². The molecule has 0 saturated carbocycles. The zero-order chi connectivity index (χ0) is 16.3. The molecule has 1 aromatic heterocycles. The van der Waals surface area contributed by atoms with E-state index in [1.54, 1.807) is 6.07 Å². The predicted molar refractivity (Wildman–Crippen MR) is 82.2 cm³/mol. The van der Waals surface area contributed by atoms with Crippen LogP contribution < -0.4 is 10.9 Å². The van der Waals surface area contributed by atoms with E-state index in [9.17, 15) is 14.4 Å². The van der Waals surface area contributed by atoms with E-state index in [0.29, 0.717) is 10.6 Å². The van der Waals surface area contributed by atoms with Gasteiger partial charge in [0.15, 0.2) is 5.78 Å². The molecule has 2 amide bonds. The summed E-state index contributed by atoms with van der Waals surface area (Å²) in [6.45, 7) is 1.38. The molecule has 1 heterocycles. The SMILES string of the molecule is CC(=O)c1c[nH]c(C(=O)NNC(=O)c2cc(Cl)ccc2Cl)c1. The molecule has 0 aliphatic heterocycles. The smallest absolute Gasteiger partial charge is 0.286 e. The summed E-state index contributed by atoms with van der Waals surface area (Å²) < 4.78 is 0. The van der Waals surface area contributed by atoms with Crippen LogP contribution in [0.2, 0.25) is 10.0 Å². The Labute approximate surface area is 135 Å². The van der Waals surface area contributed by atoms with Crippen LogP contribution in [-0.4, -0.2) is 22.6 Å². The Balaban J connectivity index is 2.02. The third-order valence-electron chi connectivity index (χ3n) is 2.80. The molecule has 0 bridgehead atoms. The van der Waals surface area contributed by atoms with Gasteiger partial charge in [-0.25, -0.2) is 0 Å². The summed E-state index contributed by atoms with van der Waals surface area (Å²) in [6.07, 6.45) is 1.41. The second-order valence-electron chi connectivity index (χ2n) is 4.39. The van der Waals surface area contributed by atoms with E-state index in [4.69, 9.17) is 23.2 Å². The Morgan fingerprint density at radius 2 is 1.73 bits per heavy atom. The van der Waals surface area contributed by atoms with Gasteiger partial charge in [-0.1, -0.05) is 23.2 Å². The normalized spacial score (nSPS) is 10.1. The van der Waals surface area contributed by atoms with Crippen molar-refractivity contribution < 1.29 is 14.4 Å². The lowest BCUT2D eigenvalue weighted by atomic mass is 10.2. The first-order valence-electron chi connectivity index (χ1n) is 6.13. The minimum absolute atomic E-state index is 0.130. The lowest BCUT2D eigenvalue weighted by Gasteiger charge is -2.08. The van der Waals surface area contributed by atoms with Crippen LogP contribution in [0.4, 0.5) is 0 Å². The number of aromatic nitrogens is 1. The Morgan fingerprint density at radius 1 is 1.05 bits per heavy atom. The van der Waals surface area contributed by atoms with Crippen LogP contribution in [0, 0.1) is 0 Å². The highest BCUT2D eigenvalue weighted by Crippen LogP contribution is 2.20. The van der Waals surface area contributed by atoms with Crippen LogP contribution in [0.25, 0.3) is 0 Å². The molecule has 0 fully saturated rings. The molecular formula is C14H11Cl2N3O3. The number of carbonyl (C=O) groups is 3. The van der Waals surface area contributed by atoms with Crippen LogP contribution in [-0.2, 0) is 0 Å². The lowest BCUT2D eigenvalue weighted by Crippen LogP contribution is -2.41. The maximum Gasteiger partial charge on any atom is 0.286 e. The van der Waals surface area contributed by atoms with E-state index < -0.39 is 11.8 Å². The van der Waals surface area contributed by atoms with Crippen LogP contribution >= 0.6 is 23.2 Å². The van der Waals surface area contributed by atoms with Crippen molar-refractivity contribution in [1.82, 2.24) is 15.8 Å². The highest BCUT2D eigenvalue weighted by molar-refractivity contribution is 6.35. The summed E-state index contributed by atoms with van der Waals surface area (Å²) >= 11 is 11.7. The van der Waals surface area contributed by atoms with Crippen molar-refractivity contribution in [2.75, 3.05) is 0 Å². The largest absolute Gasteiger partial charge is 0.356 e. The van der Waals surface area contributed by atoms with Gasteiger partial charge in [0.05, 0.1) is 10.6 Å². The molecule has 1 aromatic carbocycles. The summed E-state index contributed by atoms with van der Waals surface area (Å²) in [5.41, 5.74) is 5.07. The number of halogens is 2. The van der Waals surface area contributed by atoms with Gasteiger partial charge < -0.3 is 4.98 Å². The number of amides is 2. The van der Waals surface area contributed by atoms with Gasteiger partial charge in [0.2, 0.25) is 0 Å². The quantitative estimate of drug-likeness (QED) is 0.592. The Morgan fingerprint density at radius 3 is 2.36 bits per heavy atom. The molecule has 0 saturated heterocycles. The fraction of sp³-hybridized carbons (Fsp3) is 0.0714. The van der Waals surface area contributed by atoms with Gasteiger partial charge in [0.1, 0.15) is 5.69 Å². The molecule has 8 heteroatoms. The highest BCUT2D eigenvalue weighted by Gasteiger charge is 2.14. The van der Waals surface area contributed by atoms with Gasteiger partial charge in [0.25, 0.3) is 11.8 Å². The molecule has 0 spiro atoms. The third kappa shape index (κ3) is 3.66. The average Bonchev–Trinajstić information content (AvgIpc) is 2.97. The second kappa shape index (κ2) is 6.64. The first-order chi connectivity index (χ1) is 10.4. The first-order valence-corrected chi connectivity index (χ1v) is 6.89. The number of hydrogen-bond acceptors (Lipinski definition) is 3. The number of H-pyrrole nitrogens is 1. The minimum atomic E-state index is -0.612. The minimum Gasteiger partial charge on any atom is -0.356 e. The monoisotopic (exact) mass is 339 g/mol. The second-order valence-corrected chi connectivity index (χ2v) is 5.23. The molecule has 0 unspecified atom stereocenters. The number of hydrogen-bond donors (Lipinski definition) is 3. The lowest BCUT2D eigenvalue weighted by molar-refractivity contribution is 0.0844. The molecule has 3 N–H and O–H groups in total. The molecule has 22 heavy (non-hydrogen) atoms. The molecule has 6 nitrogen and oxygen atoms in total. The summed E-state index contributed by atoms with van der Waals surface area (Å²) in [5.74, 6) is -1.39. The van der Waals surface area contributed by atoms with Crippen molar-refractivity contribution in [1.29, 1.82) is 0 Å². The first kappa shape index (κ1) is 16.1. The number of aromatic amines is 1. The summed E-state index contributed by atoms with van der Waals surface area (Å²) in [6, 6.07) is 5.79. The van der Waals surface area contributed by atoms with Crippen LogP contribution in [0.15, 0.2) is 30.5 Å². The van der Waals surface area contributed by atoms with Crippen LogP contribution in [0.1, 0.15) is 38.1 Å². The highest BCUT2D eigenvalue weighted by atomic mass is 35.5. The van der Waals surface area contributed by atoms with Crippen molar-refractivity contribution in [3.05, 3.63) is 57.3 Å². The number of rotatable bonds is 3. The Kier molecular flexibility index (Phi) is 4.85. The Bertz CT molecular complexity index is 756. The van der Waals surface area contributed by atoms with E-state index >= 15 is 0 Å². The topological polar surface area (TPSA) is 91.1 Å². The van der Waals surface area contributed by atoms with Gasteiger partial charge in [-0.2, -0.15) is 0 Å². The average molecular weight is 340 g/mol. The van der Waals surface area contributed by atoms with Crippen molar-refractivity contribution in [2.24, 2.45) is 0 Å². The van der Waals surface area contributed by atoms with Crippen molar-refractivity contribution in [2.45, 2.75) is 6.92 Å². The number of carbonyl (C=O) groups excluding carboxylic acids is 3. The molecule has 0 aliphatic rings. The molecule has 2 rings (SSSR count). The molecule has 0 radical (unpaired) electrons. The number of nitrogens with one attached hydrogen (secondary N) is 3. The standard InChI is InChI=1S/C14H11Cl2N3O3/c1-7(20)8-4-12(17-6-8)14(22)19-18-13(21)10-5-9(15)2-3-11(10)16/h2-6,17H,1H3,(H,18,21)(H,19,22).